The van der Waals surface area contributed by atoms with E-state index in [1.165, 1.54) is 47.0 Å². The zero-order valence-corrected chi connectivity index (χ0v) is 27.0. The molecule has 2 aliphatic rings. The van der Waals surface area contributed by atoms with Crippen LogP contribution in [-0.2, 0) is 23.1 Å². The van der Waals surface area contributed by atoms with Gasteiger partial charge in [0.05, 0.1) is 34.3 Å². The second-order valence-corrected chi connectivity index (χ2v) is 13.6. The fourth-order valence-electron chi connectivity index (χ4n) is 5.64. The van der Waals surface area contributed by atoms with Crippen LogP contribution in [0.1, 0.15) is 56.9 Å². The van der Waals surface area contributed by atoms with Crippen LogP contribution in [0.5, 0.6) is 11.8 Å². The highest BCUT2D eigenvalue weighted by Crippen LogP contribution is 2.35. The lowest BCUT2D eigenvalue weighted by Crippen LogP contribution is -2.23. The second kappa shape index (κ2) is 12.2. The monoisotopic (exact) mass is 652 g/mol. The van der Waals surface area contributed by atoms with E-state index in [0.29, 0.717) is 35.2 Å². The Hall–Kier alpha value is -5.17. The maximum absolute atomic E-state index is 15.0. The number of amides is 3. The van der Waals surface area contributed by atoms with Crippen LogP contribution >= 0.6 is 11.3 Å². The Morgan fingerprint density at radius 3 is 2.49 bits per heavy atom. The maximum atomic E-state index is 15.0. The van der Waals surface area contributed by atoms with Gasteiger partial charge >= 0.3 is 12.0 Å². The first-order chi connectivity index (χ1) is 22.6. The van der Waals surface area contributed by atoms with Gasteiger partial charge in [-0.05, 0) is 72.7 Å². The van der Waals surface area contributed by atoms with Crippen molar-refractivity contribution in [1.29, 1.82) is 0 Å². The topological polar surface area (TPSA) is 127 Å². The molecule has 0 radical (unpaired) electrons. The highest BCUT2D eigenvalue weighted by atomic mass is 32.1. The van der Waals surface area contributed by atoms with Crippen LogP contribution in [0.25, 0.3) is 16.1 Å². The van der Waals surface area contributed by atoms with Gasteiger partial charge in [-0.2, -0.15) is 5.10 Å². The number of hydrogen-bond acceptors (Lipinski definition) is 8. The van der Waals surface area contributed by atoms with Gasteiger partial charge in [-0.15, -0.1) is 0 Å². The molecule has 0 bridgehead atoms. The van der Waals surface area contributed by atoms with Gasteiger partial charge in [0.1, 0.15) is 5.82 Å². The van der Waals surface area contributed by atoms with Crippen LogP contribution in [0.2, 0.25) is 0 Å². The quantitative estimate of drug-likeness (QED) is 0.189. The first-order valence-electron chi connectivity index (χ1n) is 15.5. The van der Waals surface area contributed by atoms with Crippen LogP contribution in [0, 0.1) is 5.82 Å². The number of halogens is 1. The van der Waals surface area contributed by atoms with E-state index in [1.807, 2.05) is 12.1 Å². The Morgan fingerprint density at radius 1 is 0.936 bits per heavy atom. The Morgan fingerprint density at radius 2 is 1.74 bits per heavy atom. The zero-order valence-electron chi connectivity index (χ0n) is 26.2. The molecule has 2 N–H and O–H groups in total. The predicted molar refractivity (Wildman–Crippen MR) is 178 cm³/mol. The summed E-state index contributed by atoms with van der Waals surface area (Å²) >= 11 is 1.34. The third-order valence-electron chi connectivity index (χ3n) is 8.15. The number of nitrogens with zero attached hydrogens (tertiary/aromatic N) is 6. The second-order valence-electron chi connectivity index (χ2n) is 12.6. The van der Waals surface area contributed by atoms with E-state index < -0.39 is 11.8 Å². The number of urea groups is 1. The van der Waals surface area contributed by atoms with E-state index >= 15 is 4.39 Å². The van der Waals surface area contributed by atoms with Crippen molar-refractivity contribution >= 4 is 39.9 Å². The van der Waals surface area contributed by atoms with Gasteiger partial charge in [0.15, 0.2) is 16.7 Å². The number of carbonyl (C=O) groups excluding carboxylic acids is 2. The summed E-state index contributed by atoms with van der Waals surface area (Å²) in [4.78, 5) is 40.1. The minimum Gasteiger partial charge on any atom is -0.421 e. The summed E-state index contributed by atoms with van der Waals surface area (Å²) in [5.41, 5.74) is 5.11. The normalized spacial score (nSPS) is 14.4. The van der Waals surface area contributed by atoms with Crippen LogP contribution in [-0.4, -0.2) is 43.2 Å². The number of aryl methyl sites for hydroxylation is 2. The lowest BCUT2D eigenvalue weighted by Gasteiger charge is -2.14. The van der Waals surface area contributed by atoms with Crippen molar-refractivity contribution in [2.45, 2.75) is 58.3 Å². The number of carbonyl (C=O) groups is 2. The summed E-state index contributed by atoms with van der Waals surface area (Å²) in [5, 5.41) is 11.1. The summed E-state index contributed by atoms with van der Waals surface area (Å²) in [6.07, 6.45) is 8.98. The van der Waals surface area contributed by atoms with E-state index in [-0.39, 0.29) is 23.1 Å². The third kappa shape index (κ3) is 6.43. The summed E-state index contributed by atoms with van der Waals surface area (Å²) in [5.74, 6) is -0.0739. The third-order valence-corrected chi connectivity index (χ3v) is 9.22. The molecule has 0 spiro atoms. The molecule has 1 aliphatic carbocycles. The fourth-order valence-corrected chi connectivity index (χ4v) is 6.60. The molecule has 7 rings (SSSR count). The molecule has 3 aromatic heterocycles. The Kier molecular flexibility index (Phi) is 7.92. The zero-order chi connectivity index (χ0) is 32.7. The smallest absolute Gasteiger partial charge is 0.324 e. The van der Waals surface area contributed by atoms with Crippen molar-refractivity contribution < 1.29 is 18.7 Å². The number of aromatic nitrogens is 5. The number of thiazole rings is 1. The highest BCUT2D eigenvalue weighted by Gasteiger charge is 2.25. The Balaban J connectivity index is 1.01. The van der Waals surface area contributed by atoms with E-state index in [9.17, 15) is 9.59 Å². The SMILES string of the molecule is CC(C)(C)c1cc(NC(=O)Nc2cnc(Oc3ccc(-c4cnc(N5CCCC5=O)s4)cc3F)nc2)n(-c2ccc3c(c2)CCC3)n1. The largest absolute Gasteiger partial charge is 0.421 e. The first kappa shape index (κ1) is 30.5. The summed E-state index contributed by atoms with van der Waals surface area (Å²) in [7, 11) is 0. The number of benzene rings is 2. The molecular weight excluding hydrogens is 619 g/mol. The minimum atomic E-state index is -0.602. The van der Waals surface area contributed by atoms with Gasteiger partial charge in [-0.25, -0.2) is 28.8 Å². The molecule has 5 aromatic rings. The average molecular weight is 653 g/mol. The van der Waals surface area contributed by atoms with E-state index in [1.54, 1.807) is 21.8 Å². The van der Waals surface area contributed by atoms with Gasteiger partial charge in [-0.3, -0.25) is 15.0 Å². The molecule has 13 heteroatoms. The van der Waals surface area contributed by atoms with Gasteiger partial charge in [0.25, 0.3) is 0 Å². The number of nitrogens with one attached hydrogen (secondary N) is 2. The molecule has 0 atom stereocenters. The highest BCUT2D eigenvalue weighted by molar-refractivity contribution is 7.19. The van der Waals surface area contributed by atoms with Gasteiger partial charge in [0, 0.05) is 30.6 Å². The van der Waals surface area contributed by atoms with Crippen LogP contribution in [0.4, 0.5) is 25.8 Å². The molecule has 3 amide bonds. The predicted octanol–water partition coefficient (Wildman–Crippen LogP) is 7.27. The van der Waals surface area contributed by atoms with Crippen molar-refractivity contribution in [2.24, 2.45) is 0 Å². The molecule has 240 valence electrons. The maximum Gasteiger partial charge on any atom is 0.324 e. The lowest BCUT2D eigenvalue weighted by molar-refractivity contribution is -0.117. The molecule has 1 aliphatic heterocycles. The van der Waals surface area contributed by atoms with E-state index in [0.717, 1.165) is 41.9 Å². The van der Waals surface area contributed by atoms with Crippen LogP contribution in [0.3, 0.4) is 0 Å². The van der Waals surface area contributed by atoms with Crippen molar-refractivity contribution in [3.63, 3.8) is 0 Å². The molecule has 0 unspecified atom stereocenters. The van der Waals surface area contributed by atoms with Gasteiger partial charge in [-0.1, -0.05) is 38.2 Å². The van der Waals surface area contributed by atoms with Crippen LogP contribution < -0.4 is 20.3 Å². The molecule has 4 heterocycles. The number of ether oxygens (including phenoxy) is 1. The minimum absolute atomic E-state index is 0.0512. The average Bonchev–Trinajstić information content (AvgIpc) is 3.85. The summed E-state index contributed by atoms with van der Waals surface area (Å²) in [6.45, 7) is 6.86. The standard InChI is InChI=1S/C34H33FN8O3S/c1-34(2,3)28-16-29(43(41-28)24-11-9-20-6-4-7-21(20)14-24)40-31(45)39-23-17-36-32(37-18-23)46-26-12-10-22(15-25(26)35)27-19-38-33(47-27)42-13-5-8-30(42)44/h9-12,14-19H,4-8,13H2,1-3H3,(H2,39,40,45). The lowest BCUT2D eigenvalue weighted by atomic mass is 9.92. The van der Waals surface area contributed by atoms with Crippen molar-refractivity contribution in [3.05, 3.63) is 83.7 Å². The van der Waals surface area contributed by atoms with Crippen LogP contribution in [0.15, 0.2) is 61.1 Å². The van der Waals surface area contributed by atoms with Gasteiger partial charge < -0.3 is 10.1 Å². The fraction of sp³-hybridized carbons (Fsp3) is 0.294. The molecule has 2 aromatic carbocycles. The molecule has 11 nitrogen and oxygen atoms in total. The molecular formula is C34H33FN8O3S. The number of anilines is 3. The Bertz CT molecular complexity index is 1980. The van der Waals surface area contributed by atoms with Crippen molar-refractivity contribution in [3.8, 4) is 27.9 Å². The van der Waals surface area contributed by atoms with Crippen molar-refractivity contribution in [1.82, 2.24) is 24.7 Å². The number of fused-ring (bicyclic) bond motifs is 1. The van der Waals surface area contributed by atoms with E-state index in [4.69, 9.17) is 9.84 Å². The first-order valence-corrected chi connectivity index (χ1v) is 16.3. The number of rotatable bonds is 7. The number of hydrogen-bond donors (Lipinski definition) is 2. The van der Waals surface area contributed by atoms with E-state index in [2.05, 4.69) is 58.5 Å². The Labute approximate surface area is 274 Å². The van der Waals surface area contributed by atoms with Crippen molar-refractivity contribution in [2.75, 3.05) is 22.1 Å². The molecule has 47 heavy (non-hydrogen) atoms. The van der Waals surface area contributed by atoms with Gasteiger partial charge in [0.2, 0.25) is 5.91 Å². The molecule has 0 saturated carbocycles. The summed E-state index contributed by atoms with van der Waals surface area (Å²) < 4.78 is 22.4. The molecule has 1 fully saturated rings. The summed E-state index contributed by atoms with van der Waals surface area (Å²) in [6, 6.07) is 12.2. The molecule has 1 saturated heterocycles.